The molecule has 0 aromatic carbocycles. The highest BCUT2D eigenvalue weighted by atomic mass is 19.4. The third-order valence-electron chi connectivity index (χ3n) is 4.02. The first kappa shape index (κ1) is 24.0. The van der Waals surface area contributed by atoms with Gasteiger partial charge in [0.05, 0.1) is 18.8 Å². The Hall–Kier alpha value is -2.07. The molecular weight excluding hydrogens is 396 g/mol. The first-order valence-corrected chi connectivity index (χ1v) is 8.70. The van der Waals surface area contributed by atoms with Crippen LogP contribution in [0.2, 0.25) is 0 Å². The number of rotatable bonds is 7. The van der Waals surface area contributed by atoms with Crippen LogP contribution in [0, 0.1) is 11.8 Å². The molecule has 2 atom stereocenters. The van der Waals surface area contributed by atoms with Crippen LogP contribution in [0.15, 0.2) is 16.3 Å². The van der Waals surface area contributed by atoms with Crippen molar-refractivity contribution in [3.05, 3.63) is 11.3 Å². The Morgan fingerprint density at radius 1 is 0.964 bits per heavy atom. The molecule has 1 rings (SSSR count). The molecule has 2 unspecified atom stereocenters. The van der Waals surface area contributed by atoms with Crippen LogP contribution in [0.25, 0.3) is 0 Å². The Labute approximate surface area is 157 Å². The lowest BCUT2D eigenvalue weighted by molar-refractivity contribution is -0.150. The number of allylic oxidation sites excluding steroid dienone is 1. The Bertz CT molecular complexity index is 651. The molecule has 0 bridgehead atoms. The molecule has 1 heterocycles. The lowest BCUT2D eigenvalue weighted by Crippen LogP contribution is -2.46. The second-order valence-corrected chi connectivity index (χ2v) is 5.95. The van der Waals surface area contributed by atoms with E-state index in [4.69, 9.17) is 0 Å². The van der Waals surface area contributed by atoms with Gasteiger partial charge in [0.15, 0.2) is 5.70 Å². The summed E-state index contributed by atoms with van der Waals surface area (Å²) in [7, 11) is 0. The van der Waals surface area contributed by atoms with Gasteiger partial charge in [-0.15, -0.1) is 0 Å². The fraction of sp³-hybridized carbons (Fsp3) is 0.706. The van der Waals surface area contributed by atoms with Gasteiger partial charge in [-0.3, -0.25) is 4.79 Å². The molecule has 0 amide bonds. The minimum Gasteiger partial charge on any atom is -0.465 e. The molecule has 0 spiro atoms. The molecule has 11 heteroatoms. The van der Waals surface area contributed by atoms with Gasteiger partial charge in [-0.1, -0.05) is 19.8 Å². The number of esters is 2. The van der Waals surface area contributed by atoms with Gasteiger partial charge in [0.2, 0.25) is 0 Å². The second kappa shape index (κ2) is 9.42. The van der Waals surface area contributed by atoms with Crippen molar-refractivity contribution in [2.24, 2.45) is 16.8 Å². The standard InChI is InChI=1S/C17H21F6NO4/c1-4-7-8-9-10(14(25)27-5-2)12(16(18,19)20)24-13(17(21,22)23)11(9)15(26)28-6-3/h9-10H,4-8H2,1-3H3. The van der Waals surface area contributed by atoms with Gasteiger partial charge in [-0.2, -0.15) is 26.3 Å². The Morgan fingerprint density at radius 3 is 1.96 bits per heavy atom. The fourth-order valence-corrected chi connectivity index (χ4v) is 2.94. The molecule has 1 aliphatic rings. The Balaban J connectivity index is 3.78. The molecule has 0 aliphatic carbocycles. The van der Waals surface area contributed by atoms with Crippen LogP contribution < -0.4 is 0 Å². The highest BCUT2D eigenvalue weighted by molar-refractivity contribution is 6.09. The number of unbranched alkanes of at least 4 members (excludes halogenated alkanes) is 1. The quantitative estimate of drug-likeness (QED) is 0.456. The summed E-state index contributed by atoms with van der Waals surface area (Å²) in [6, 6.07) is 0. The minimum atomic E-state index is -5.34. The largest absolute Gasteiger partial charge is 0.465 e. The van der Waals surface area contributed by atoms with Gasteiger partial charge in [-0.05, 0) is 20.3 Å². The molecule has 160 valence electrons. The first-order chi connectivity index (χ1) is 12.9. The summed E-state index contributed by atoms with van der Waals surface area (Å²) in [5.74, 6) is -6.74. The number of halogens is 6. The zero-order chi connectivity index (χ0) is 21.7. The molecule has 0 N–H and O–H groups in total. The second-order valence-electron chi connectivity index (χ2n) is 5.95. The van der Waals surface area contributed by atoms with E-state index in [0.717, 1.165) is 0 Å². The van der Waals surface area contributed by atoms with Crippen molar-refractivity contribution in [3.63, 3.8) is 0 Å². The van der Waals surface area contributed by atoms with Crippen molar-refractivity contribution in [1.82, 2.24) is 0 Å². The summed E-state index contributed by atoms with van der Waals surface area (Å²) in [5, 5.41) is 0. The summed E-state index contributed by atoms with van der Waals surface area (Å²) in [4.78, 5) is 27.2. The van der Waals surface area contributed by atoms with E-state index in [2.05, 4.69) is 14.5 Å². The molecule has 28 heavy (non-hydrogen) atoms. The number of hydrogen-bond donors (Lipinski definition) is 0. The average Bonchev–Trinajstić information content (AvgIpc) is 2.57. The van der Waals surface area contributed by atoms with Gasteiger partial charge in [-0.25, -0.2) is 9.79 Å². The van der Waals surface area contributed by atoms with Gasteiger partial charge in [0.25, 0.3) is 0 Å². The Kier molecular flexibility index (Phi) is 8.06. The monoisotopic (exact) mass is 417 g/mol. The van der Waals surface area contributed by atoms with Crippen molar-refractivity contribution in [3.8, 4) is 0 Å². The van der Waals surface area contributed by atoms with E-state index in [9.17, 15) is 35.9 Å². The van der Waals surface area contributed by atoms with Gasteiger partial charge in [0, 0.05) is 5.92 Å². The van der Waals surface area contributed by atoms with Crippen LogP contribution in [-0.2, 0) is 19.1 Å². The molecule has 0 saturated carbocycles. The van der Waals surface area contributed by atoms with Crippen molar-refractivity contribution >= 4 is 17.7 Å². The minimum absolute atomic E-state index is 0.180. The van der Waals surface area contributed by atoms with Crippen LogP contribution >= 0.6 is 0 Å². The summed E-state index contributed by atoms with van der Waals surface area (Å²) >= 11 is 0. The van der Waals surface area contributed by atoms with Crippen LogP contribution in [-0.4, -0.2) is 43.2 Å². The lowest BCUT2D eigenvalue weighted by Gasteiger charge is -2.33. The molecule has 0 aromatic heterocycles. The number of carbonyl (C=O) groups excluding carboxylic acids is 2. The predicted molar refractivity (Wildman–Crippen MR) is 86.3 cm³/mol. The number of nitrogens with zero attached hydrogens (tertiary/aromatic N) is 1. The molecular formula is C17H21F6NO4. The van der Waals surface area contributed by atoms with Crippen molar-refractivity contribution in [2.45, 2.75) is 52.4 Å². The SMILES string of the molecule is CCCCC1C(C(=O)OCC)=C(C(F)(F)F)N=C(C(F)(F)F)C1C(=O)OCC. The van der Waals surface area contributed by atoms with Crippen LogP contribution in [0.1, 0.15) is 40.0 Å². The summed E-state index contributed by atoms with van der Waals surface area (Å²) in [5.41, 5.74) is -4.98. The molecule has 0 aromatic rings. The molecule has 0 saturated heterocycles. The Morgan fingerprint density at radius 2 is 1.54 bits per heavy atom. The molecule has 0 radical (unpaired) electrons. The van der Waals surface area contributed by atoms with E-state index >= 15 is 0 Å². The zero-order valence-electron chi connectivity index (χ0n) is 15.5. The van der Waals surface area contributed by atoms with Crippen LogP contribution in [0.4, 0.5) is 26.3 Å². The maximum absolute atomic E-state index is 13.5. The van der Waals surface area contributed by atoms with Gasteiger partial charge < -0.3 is 9.47 Å². The maximum atomic E-state index is 13.5. The highest BCUT2D eigenvalue weighted by Crippen LogP contribution is 2.44. The fourth-order valence-electron chi connectivity index (χ4n) is 2.94. The van der Waals surface area contributed by atoms with Crippen molar-refractivity contribution in [2.75, 3.05) is 13.2 Å². The number of hydrogen-bond acceptors (Lipinski definition) is 5. The van der Waals surface area contributed by atoms with Gasteiger partial charge in [0.1, 0.15) is 11.6 Å². The number of alkyl halides is 6. The number of aliphatic imine (C=N–C) groups is 1. The summed E-state index contributed by atoms with van der Waals surface area (Å²) < 4.78 is 90.1. The highest BCUT2D eigenvalue weighted by Gasteiger charge is 2.55. The van der Waals surface area contributed by atoms with E-state index < -0.39 is 53.1 Å². The van der Waals surface area contributed by atoms with Crippen molar-refractivity contribution < 1.29 is 45.4 Å². The normalized spacial score (nSPS) is 20.7. The molecule has 0 fully saturated rings. The predicted octanol–water partition coefficient (Wildman–Crippen LogP) is 4.37. The maximum Gasteiger partial charge on any atom is 0.433 e. The van der Waals surface area contributed by atoms with Crippen molar-refractivity contribution in [1.29, 1.82) is 0 Å². The molecule has 5 nitrogen and oxygen atoms in total. The number of carbonyl (C=O) groups is 2. The zero-order valence-corrected chi connectivity index (χ0v) is 15.5. The van der Waals surface area contributed by atoms with E-state index in [1.54, 1.807) is 6.92 Å². The third kappa shape index (κ3) is 5.48. The van der Waals surface area contributed by atoms with E-state index in [0.29, 0.717) is 6.42 Å². The first-order valence-electron chi connectivity index (χ1n) is 8.70. The third-order valence-corrected chi connectivity index (χ3v) is 4.02. The molecule has 1 aliphatic heterocycles. The summed E-state index contributed by atoms with van der Waals surface area (Å²) in [6.45, 7) is 3.76. The van der Waals surface area contributed by atoms with Gasteiger partial charge >= 0.3 is 24.3 Å². The average molecular weight is 417 g/mol. The lowest BCUT2D eigenvalue weighted by atomic mass is 9.76. The summed E-state index contributed by atoms with van der Waals surface area (Å²) in [6.07, 6.45) is -10.3. The smallest absolute Gasteiger partial charge is 0.433 e. The topological polar surface area (TPSA) is 65.0 Å². The van der Waals surface area contributed by atoms with Crippen LogP contribution in [0.3, 0.4) is 0 Å². The van der Waals surface area contributed by atoms with E-state index in [1.165, 1.54) is 13.8 Å². The van der Waals surface area contributed by atoms with Crippen LogP contribution in [0.5, 0.6) is 0 Å². The van der Waals surface area contributed by atoms with E-state index in [-0.39, 0.29) is 26.1 Å². The number of ether oxygens (including phenoxy) is 2. The van der Waals surface area contributed by atoms with E-state index in [1.807, 2.05) is 0 Å².